The van der Waals surface area contributed by atoms with Crippen molar-refractivity contribution in [3.8, 4) is 5.75 Å². The Balaban J connectivity index is 2.63. The highest BCUT2D eigenvalue weighted by Gasteiger charge is 2.00. The van der Waals surface area contributed by atoms with Gasteiger partial charge in [-0.05, 0) is 25.1 Å². The van der Waals surface area contributed by atoms with Crippen LogP contribution in [0, 0.1) is 0 Å². The van der Waals surface area contributed by atoms with Crippen molar-refractivity contribution >= 4 is 31.9 Å². The fourth-order valence-electron chi connectivity index (χ4n) is 0.804. The minimum Gasteiger partial charge on any atom is -0.490 e. The summed E-state index contributed by atoms with van der Waals surface area (Å²) in [5, 5.41) is 0.847. The van der Waals surface area contributed by atoms with Gasteiger partial charge in [-0.1, -0.05) is 37.9 Å². The van der Waals surface area contributed by atoms with E-state index < -0.39 is 0 Å². The van der Waals surface area contributed by atoms with Crippen molar-refractivity contribution < 1.29 is 4.74 Å². The largest absolute Gasteiger partial charge is 0.490 e. The van der Waals surface area contributed by atoms with Gasteiger partial charge in [0.25, 0.3) is 0 Å². The molecule has 66 valence electrons. The SMILES string of the molecule is C[C@@H](CBr)Oc1cccc(Br)c1. The van der Waals surface area contributed by atoms with Gasteiger partial charge in [0.2, 0.25) is 0 Å². The lowest BCUT2D eigenvalue weighted by Gasteiger charge is -2.11. The Kier molecular flexibility index (Phi) is 4.09. The molecule has 0 unspecified atom stereocenters. The average Bonchev–Trinajstić information content (AvgIpc) is 2.04. The lowest BCUT2D eigenvalue weighted by molar-refractivity contribution is 0.248. The molecule has 0 fully saturated rings. The van der Waals surface area contributed by atoms with E-state index in [4.69, 9.17) is 4.74 Å². The average molecular weight is 294 g/mol. The first-order chi connectivity index (χ1) is 5.72. The Hall–Kier alpha value is -0.0200. The van der Waals surface area contributed by atoms with E-state index in [-0.39, 0.29) is 6.10 Å². The molecule has 0 bridgehead atoms. The summed E-state index contributed by atoms with van der Waals surface area (Å²) in [5.74, 6) is 0.899. The molecule has 0 saturated heterocycles. The summed E-state index contributed by atoms with van der Waals surface area (Å²) in [4.78, 5) is 0. The maximum Gasteiger partial charge on any atom is 0.120 e. The highest BCUT2D eigenvalue weighted by molar-refractivity contribution is 9.10. The fourth-order valence-corrected chi connectivity index (χ4v) is 1.31. The van der Waals surface area contributed by atoms with Crippen molar-refractivity contribution in [3.63, 3.8) is 0 Å². The van der Waals surface area contributed by atoms with Gasteiger partial charge in [-0.3, -0.25) is 0 Å². The van der Waals surface area contributed by atoms with Gasteiger partial charge in [0.05, 0.1) is 0 Å². The molecule has 0 saturated carbocycles. The number of rotatable bonds is 3. The van der Waals surface area contributed by atoms with E-state index >= 15 is 0 Å². The van der Waals surface area contributed by atoms with Gasteiger partial charge in [0.15, 0.2) is 0 Å². The number of ether oxygens (including phenoxy) is 1. The third-order valence-electron chi connectivity index (χ3n) is 1.35. The number of hydrogen-bond acceptors (Lipinski definition) is 1. The normalized spacial score (nSPS) is 12.6. The Bertz CT molecular complexity index is 250. The van der Waals surface area contributed by atoms with Gasteiger partial charge in [-0.25, -0.2) is 0 Å². The highest BCUT2D eigenvalue weighted by atomic mass is 79.9. The van der Waals surface area contributed by atoms with E-state index in [2.05, 4.69) is 31.9 Å². The predicted octanol–water partition coefficient (Wildman–Crippen LogP) is 3.61. The van der Waals surface area contributed by atoms with Crippen molar-refractivity contribution in [2.24, 2.45) is 0 Å². The summed E-state index contributed by atoms with van der Waals surface area (Å²) in [6.45, 7) is 2.02. The van der Waals surface area contributed by atoms with Gasteiger partial charge >= 0.3 is 0 Å². The van der Waals surface area contributed by atoms with Gasteiger partial charge in [0, 0.05) is 9.80 Å². The lowest BCUT2D eigenvalue weighted by Crippen LogP contribution is -2.12. The zero-order valence-electron chi connectivity index (χ0n) is 6.76. The quantitative estimate of drug-likeness (QED) is 0.774. The van der Waals surface area contributed by atoms with Crippen LogP contribution in [0.4, 0.5) is 0 Å². The highest BCUT2D eigenvalue weighted by Crippen LogP contribution is 2.19. The predicted molar refractivity (Wildman–Crippen MR) is 58.0 cm³/mol. The topological polar surface area (TPSA) is 9.23 Å². The molecular weight excluding hydrogens is 284 g/mol. The molecule has 0 aliphatic rings. The fraction of sp³-hybridized carbons (Fsp3) is 0.333. The van der Waals surface area contributed by atoms with E-state index in [9.17, 15) is 0 Å². The lowest BCUT2D eigenvalue weighted by atomic mass is 10.3. The Morgan fingerprint density at radius 3 is 2.83 bits per heavy atom. The van der Waals surface area contributed by atoms with Crippen LogP contribution in [0.25, 0.3) is 0 Å². The third kappa shape index (κ3) is 3.15. The minimum absolute atomic E-state index is 0.208. The molecule has 0 spiro atoms. The molecule has 1 rings (SSSR count). The van der Waals surface area contributed by atoms with Crippen LogP contribution in [0.5, 0.6) is 5.75 Å². The van der Waals surface area contributed by atoms with Crippen LogP contribution in [0.2, 0.25) is 0 Å². The van der Waals surface area contributed by atoms with Crippen molar-refractivity contribution in [3.05, 3.63) is 28.7 Å². The summed E-state index contributed by atoms with van der Waals surface area (Å²) in [5.41, 5.74) is 0. The van der Waals surface area contributed by atoms with Crippen LogP contribution < -0.4 is 4.74 Å². The third-order valence-corrected chi connectivity index (χ3v) is 2.76. The molecule has 0 aromatic heterocycles. The molecule has 0 heterocycles. The van der Waals surface area contributed by atoms with Crippen LogP contribution in [0.15, 0.2) is 28.7 Å². The Morgan fingerprint density at radius 1 is 1.50 bits per heavy atom. The molecule has 0 aliphatic heterocycles. The van der Waals surface area contributed by atoms with Gasteiger partial charge < -0.3 is 4.74 Å². The number of halogens is 2. The second-order valence-electron chi connectivity index (χ2n) is 2.54. The molecular formula is C9H10Br2O. The number of hydrogen-bond donors (Lipinski definition) is 0. The van der Waals surface area contributed by atoms with Gasteiger partial charge in [-0.15, -0.1) is 0 Å². The molecule has 0 radical (unpaired) electrons. The maximum absolute atomic E-state index is 5.57. The second-order valence-corrected chi connectivity index (χ2v) is 4.10. The van der Waals surface area contributed by atoms with E-state index in [1.54, 1.807) is 0 Å². The zero-order chi connectivity index (χ0) is 8.97. The van der Waals surface area contributed by atoms with Crippen LogP contribution in [0.3, 0.4) is 0 Å². The summed E-state index contributed by atoms with van der Waals surface area (Å²) in [6, 6.07) is 7.84. The Labute approximate surface area is 89.4 Å². The van der Waals surface area contributed by atoms with Gasteiger partial charge in [-0.2, -0.15) is 0 Å². The molecule has 0 aliphatic carbocycles. The summed E-state index contributed by atoms with van der Waals surface area (Å²) in [7, 11) is 0. The minimum atomic E-state index is 0.208. The second kappa shape index (κ2) is 4.87. The first kappa shape index (κ1) is 10.1. The molecule has 1 aromatic rings. The molecule has 12 heavy (non-hydrogen) atoms. The summed E-state index contributed by atoms with van der Waals surface area (Å²) < 4.78 is 6.61. The molecule has 0 amide bonds. The van der Waals surface area contributed by atoms with E-state index in [1.165, 1.54) is 0 Å². The first-order valence-electron chi connectivity index (χ1n) is 3.70. The van der Waals surface area contributed by atoms with Crippen molar-refractivity contribution in [2.45, 2.75) is 13.0 Å². The number of alkyl halides is 1. The zero-order valence-corrected chi connectivity index (χ0v) is 9.93. The summed E-state index contributed by atoms with van der Waals surface area (Å²) in [6.07, 6.45) is 0.208. The number of benzene rings is 1. The maximum atomic E-state index is 5.57. The molecule has 1 aromatic carbocycles. The molecule has 1 atom stereocenters. The van der Waals surface area contributed by atoms with Crippen LogP contribution in [-0.2, 0) is 0 Å². The van der Waals surface area contributed by atoms with E-state index in [0.29, 0.717) is 0 Å². The standard InChI is InChI=1S/C9H10Br2O/c1-7(6-10)12-9-4-2-3-8(11)5-9/h2-5,7H,6H2,1H3/t7-/m0/s1. The van der Waals surface area contributed by atoms with Crippen molar-refractivity contribution in [2.75, 3.05) is 5.33 Å². The molecule has 1 nitrogen and oxygen atoms in total. The van der Waals surface area contributed by atoms with Crippen LogP contribution in [0.1, 0.15) is 6.92 Å². The van der Waals surface area contributed by atoms with E-state index in [0.717, 1.165) is 15.6 Å². The molecule has 0 N–H and O–H groups in total. The monoisotopic (exact) mass is 292 g/mol. The van der Waals surface area contributed by atoms with Crippen LogP contribution >= 0.6 is 31.9 Å². The summed E-state index contributed by atoms with van der Waals surface area (Å²) >= 11 is 6.74. The molecule has 3 heteroatoms. The van der Waals surface area contributed by atoms with Crippen LogP contribution in [-0.4, -0.2) is 11.4 Å². The van der Waals surface area contributed by atoms with E-state index in [1.807, 2.05) is 31.2 Å². The van der Waals surface area contributed by atoms with Crippen molar-refractivity contribution in [1.82, 2.24) is 0 Å². The smallest absolute Gasteiger partial charge is 0.120 e. The van der Waals surface area contributed by atoms with Gasteiger partial charge in [0.1, 0.15) is 11.9 Å². The first-order valence-corrected chi connectivity index (χ1v) is 5.62. The van der Waals surface area contributed by atoms with Crippen molar-refractivity contribution in [1.29, 1.82) is 0 Å². The Morgan fingerprint density at radius 2 is 2.25 bits per heavy atom.